The third-order valence-corrected chi connectivity index (χ3v) is 6.30. The Morgan fingerprint density at radius 2 is 2.07 bits per heavy atom. The van der Waals surface area contributed by atoms with Crippen LogP contribution in [0.15, 0.2) is 12.5 Å². The van der Waals surface area contributed by atoms with Crippen molar-refractivity contribution >= 4 is 5.91 Å². The van der Waals surface area contributed by atoms with Gasteiger partial charge in [0, 0.05) is 45.0 Å². The highest BCUT2D eigenvalue weighted by Crippen LogP contribution is 2.42. The SMILES string of the molecule is CCCCN1CCc2[nH]cnc2C12CCN(C(=O)c1cn(C)nc1C)CC2. The molecule has 1 fully saturated rings. The Bertz CT molecular complexity index is 814. The first-order valence-electron chi connectivity index (χ1n) is 10.1. The number of imidazole rings is 1. The predicted octanol–water partition coefficient (Wildman–Crippen LogP) is 2.24. The molecule has 0 bridgehead atoms. The highest BCUT2D eigenvalue weighted by atomic mass is 16.2. The summed E-state index contributed by atoms with van der Waals surface area (Å²) in [4.78, 5) is 25.7. The minimum atomic E-state index is -0.0243. The smallest absolute Gasteiger partial charge is 0.257 e. The average Bonchev–Trinajstić information content (AvgIpc) is 3.28. The normalized spacial score (nSPS) is 19.4. The van der Waals surface area contributed by atoms with E-state index in [0.717, 1.165) is 56.7 Å². The third-order valence-electron chi connectivity index (χ3n) is 6.30. The number of amides is 1. The number of aromatic nitrogens is 4. The summed E-state index contributed by atoms with van der Waals surface area (Å²) in [6, 6.07) is 0. The first-order valence-corrected chi connectivity index (χ1v) is 10.1. The Balaban J connectivity index is 1.55. The van der Waals surface area contributed by atoms with Crippen molar-refractivity contribution in [2.45, 2.75) is 51.5 Å². The molecule has 7 nitrogen and oxygen atoms in total. The van der Waals surface area contributed by atoms with Gasteiger partial charge in [-0.3, -0.25) is 14.4 Å². The predicted molar refractivity (Wildman–Crippen MR) is 104 cm³/mol. The Hall–Kier alpha value is -2.15. The molecule has 2 aromatic rings. The molecule has 1 saturated heterocycles. The van der Waals surface area contributed by atoms with Gasteiger partial charge in [0.25, 0.3) is 5.91 Å². The fourth-order valence-electron chi connectivity index (χ4n) is 4.81. The molecule has 0 saturated carbocycles. The monoisotopic (exact) mass is 370 g/mol. The van der Waals surface area contributed by atoms with Crippen LogP contribution in [0.5, 0.6) is 0 Å². The van der Waals surface area contributed by atoms with E-state index in [1.54, 1.807) is 4.68 Å². The Kier molecular flexibility index (Phi) is 4.80. The minimum Gasteiger partial charge on any atom is -0.348 e. The van der Waals surface area contributed by atoms with Crippen LogP contribution in [-0.4, -0.2) is 61.6 Å². The zero-order chi connectivity index (χ0) is 19.0. The summed E-state index contributed by atoms with van der Waals surface area (Å²) in [6.07, 6.45) is 9.01. The van der Waals surface area contributed by atoms with E-state index in [4.69, 9.17) is 4.98 Å². The van der Waals surface area contributed by atoms with Crippen molar-refractivity contribution in [2.75, 3.05) is 26.2 Å². The van der Waals surface area contributed by atoms with Crippen LogP contribution >= 0.6 is 0 Å². The summed E-state index contributed by atoms with van der Waals surface area (Å²) in [7, 11) is 1.86. The van der Waals surface area contributed by atoms with Crippen molar-refractivity contribution in [3.63, 3.8) is 0 Å². The number of carbonyl (C=O) groups is 1. The molecule has 4 heterocycles. The fourth-order valence-corrected chi connectivity index (χ4v) is 4.81. The maximum atomic E-state index is 13.0. The second kappa shape index (κ2) is 7.11. The lowest BCUT2D eigenvalue weighted by atomic mass is 9.78. The van der Waals surface area contributed by atoms with Crippen molar-refractivity contribution in [2.24, 2.45) is 7.05 Å². The molecule has 2 aromatic heterocycles. The number of nitrogens with one attached hydrogen (secondary N) is 1. The van der Waals surface area contributed by atoms with Crippen LogP contribution in [0.3, 0.4) is 0 Å². The lowest BCUT2D eigenvalue weighted by molar-refractivity contribution is 0.00629. The Morgan fingerprint density at radius 1 is 1.30 bits per heavy atom. The standard InChI is InChI=1S/C20H30N6O/c1-4-5-9-26-10-6-17-18(22-14-21-17)20(26)7-11-25(12-8-20)19(27)16-13-24(3)23-15(16)2/h13-14H,4-12H2,1-3H3,(H,21,22). The first-order chi connectivity index (χ1) is 13.0. The van der Waals surface area contributed by atoms with E-state index in [1.165, 1.54) is 24.2 Å². The van der Waals surface area contributed by atoms with Crippen molar-refractivity contribution in [3.8, 4) is 0 Å². The number of aryl methyl sites for hydroxylation is 2. The number of hydrogen-bond acceptors (Lipinski definition) is 4. The molecular formula is C20H30N6O. The number of nitrogens with zero attached hydrogens (tertiary/aromatic N) is 5. The van der Waals surface area contributed by atoms with Crippen molar-refractivity contribution < 1.29 is 4.79 Å². The Morgan fingerprint density at radius 3 is 2.74 bits per heavy atom. The van der Waals surface area contributed by atoms with Crippen LogP contribution in [0.1, 0.15) is 60.0 Å². The lowest BCUT2D eigenvalue weighted by Gasteiger charge is -2.50. The zero-order valence-electron chi connectivity index (χ0n) is 16.7. The molecule has 0 aliphatic carbocycles. The van der Waals surface area contributed by atoms with Gasteiger partial charge in [-0.15, -0.1) is 0 Å². The summed E-state index contributed by atoms with van der Waals surface area (Å²) in [6.45, 7) is 7.86. The van der Waals surface area contributed by atoms with Crippen LogP contribution < -0.4 is 0 Å². The van der Waals surface area contributed by atoms with Gasteiger partial charge in [-0.05, 0) is 32.7 Å². The van der Waals surface area contributed by atoms with Gasteiger partial charge in [0.2, 0.25) is 0 Å². The van der Waals surface area contributed by atoms with Crippen molar-refractivity contribution in [1.29, 1.82) is 0 Å². The Labute approximate surface area is 160 Å². The molecule has 7 heteroatoms. The first kappa shape index (κ1) is 18.2. The molecule has 1 N–H and O–H groups in total. The number of unbranched alkanes of at least 4 members (excludes halogenated alkanes) is 1. The van der Waals surface area contributed by atoms with Gasteiger partial charge in [-0.2, -0.15) is 5.10 Å². The lowest BCUT2D eigenvalue weighted by Crippen LogP contribution is -2.57. The summed E-state index contributed by atoms with van der Waals surface area (Å²) in [5, 5.41) is 4.33. The average molecular weight is 371 g/mol. The van der Waals surface area contributed by atoms with Crippen LogP contribution in [0, 0.1) is 6.92 Å². The second-order valence-electron chi connectivity index (χ2n) is 7.95. The minimum absolute atomic E-state index is 0.0243. The summed E-state index contributed by atoms with van der Waals surface area (Å²) < 4.78 is 1.72. The topological polar surface area (TPSA) is 70.1 Å². The van der Waals surface area contributed by atoms with Crippen molar-refractivity contribution in [1.82, 2.24) is 29.5 Å². The number of aromatic amines is 1. The summed E-state index contributed by atoms with van der Waals surface area (Å²) >= 11 is 0. The molecule has 146 valence electrons. The molecule has 27 heavy (non-hydrogen) atoms. The molecule has 2 aliphatic heterocycles. The number of carbonyl (C=O) groups excluding carboxylic acids is 1. The molecule has 1 spiro atoms. The van der Waals surface area contributed by atoms with Gasteiger partial charge in [0.05, 0.1) is 28.8 Å². The van der Waals surface area contributed by atoms with Crippen LogP contribution in [0.25, 0.3) is 0 Å². The maximum absolute atomic E-state index is 13.0. The largest absolute Gasteiger partial charge is 0.348 e. The summed E-state index contributed by atoms with van der Waals surface area (Å²) in [5.74, 6) is 0.105. The van der Waals surface area contributed by atoms with Gasteiger partial charge < -0.3 is 9.88 Å². The molecule has 2 aliphatic rings. The van der Waals surface area contributed by atoms with E-state index in [2.05, 4.69) is 21.9 Å². The maximum Gasteiger partial charge on any atom is 0.257 e. The van der Waals surface area contributed by atoms with Gasteiger partial charge in [-0.1, -0.05) is 13.3 Å². The fraction of sp³-hybridized carbons (Fsp3) is 0.650. The zero-order valence-corrected chi connectivity index (χ0v) is 16.7. The van der Waals surface area contributed by atoms with E-state index in [0.29, 0.717) is 0 Å². The number of H-pyrrole nitrogens is 1. The molecule has 0 radical (unpaired) electrons. The summed E-state index contributed by atoms with van der Waals surface area (Å²) in [5.41, 5.74) is 4.00. The number of fused-ring (bicyclic) bond motifs is 2. The van der Waals surface area contributed by atoms with E-state index in [9.17, 15) is 4.79 Å². The molecule has 1 amide bonds. The van der Waals surface area contributed by atoms with Gasteiger partial charge >= 0.3 is 0 Å². The van der Waals surface area contributed by atoms with E-state index < -0.39 is 0 Å². The van der Waals surface area contributed by atoms with Crippen LogP contribution in [0.2, 0.25) is 0 Å². The highest BCUT2D eigenvalue weighted by molar-refractivity contribution is 5.95. The molecule has 0 unspecified atom stereocenters. The van der Waals surface area contributed by atoms with Gasteiger partial charge in [0.15, 0.2) is 0 Å². The van der Waals surface area contributed by atoms with E-state index >= 15 is 0 Å². The third kappa shape index (κ3) is 3.08. The quantitative estimate of drug-likeness (QED) is 0.896. The highest BCUT2D eigenvalue weighted by Gasteiger charge is 2.47. The molecule has 0 atom stereocenters. The molecule has 4 rings (SSSR count). The van der Waals surface area contributed by atoms with E-state index in [1.807, 2.05) is 31.4 Å². The van der Waals surface area contributed by atoms with E-state index in [-0.39, 0.29) is 11.4 Å². The molecule has 0 aromatic carbocycles. The number of piperidine rings is 1. The number of likely N-dealkylation sites (tertiary alicyclic amines) is 1. The van der Waals surface area contributed by atoms with Crippen LogP contribution in [0.4, 0.5) is 0 Å². The van der Waals surface area contributed by atoms with Crippen molar-refractivity contribution in [3.05, 3.63) is 35.2 Å². The van der Waals surface area contributed by atoms with Gasteiger partial charge in [-0.25, -0.2) is 4.98 Å². The second-order valence-corrected chi connectivity index (χ2v) is 7.95. The number of rotatable bonds is 4. The van der Waals surface area contributed by atoms with Gasteiger partial charge in [0.1, 0.15) is 0 Å². The van der Waals surface area contributed by atoms with Crippen LogP contribution in [-0.2, 0) is 19.0 Å². The molecular weight excluding hydrogens is 340 g/mol. The number of hydrogen-bond donors (Lipinski definition) is 1.